The third-order valence-corrected chi connectivity index (χ3v) is 4.37. The van der Waals surface area contributed by atoms with Crippen LogP contribution in [0, 0.1) is 17.2 Å². The molecule has 4 nitrogen and oxygen atoms in total. The molecule has 1 aliphatic heterocycles. The number of nitrogens with zero attached hydrogens (tertiary/aromatic N) is 2. The Bertz CT molecular complexity index is 736. The summed E-state index contributed by atoms with van der Waals surface area (Å²) in [6, 6.07) is 19.5. The van der Waals surface area contributed by atoms with Gasteiger partial charge in [0.2, 0.25) is 5.91 Å². The number of likely N-dealkylation sites (tertiary alicyclic amines) is 1. The van der Waals surface area contributed by atoms with Gasteiger partial charge < -0.3 is 5.32 Å². The molecule has 1 heterocycles. The highest BCUT2D eigenvalue weighted by Crippen LogP contribution is 2.22. The molecule has 1 aliphatic rings. The molecule has 2 aromatic rings. The zero-order valence-electron chi connectivity index (χ0n) is 13.6. The normalized spacial score (nSPS) is 17.4. The van der Waals surface area contributed by atoms with Crippen LogP contribution in [0.4, 0.5) is 5.69 Å². The molecule has 2 aromatic carbocycles. The Labute approximate surface area is 142 Å². The monoisotopic (exact) mass is 319 g/mol. The number of benzene rings is 2. The van der Waals surface area contributed by atoms with E-state index in [0.717, 1.165) is 26.1 Å². The molecule has 0 radical (unpaired) electrons. The lowest BCUT2D eigenvalue weighted by Gasteiger charge is -2.16. The standard InChI is InChI=1S/C20H21N3O/c21-13-17-7-4-8-19(11-17)22-20(24)12-18-9-10-23(15-18)14-16-5-2-1-3-6-16/h1-8,11,18H,9-10,12,14-15H2,(H,22,24). The summed E-state index contributed by atoms with van der Waals surface area (Å²) in [5.74, 6) is 0.421. The van der Waals surface area contributed by atoms with Crippen LogP contribution in [0.25, 0.3) is 0 Å². The number of carbonyl (C=O) groups excluding carboxylic acids is 1. The van der Waals surface area contributed by atoms with Crippen LogP contribution in [0.3, 0.4) is 0 Å². The fraction of sp³-hybridized carbons (Fsp3) is 0.300. The van der Waals surface area contributed by atoms with Crippen LogP contribution in [0.5, 0.6) is 0 Å². The molecule has 1 fully saturated rings. The van der Waals surface area contributed by atoms with E-state index < -0.39 is 0 Å². The van der Waals surface area contributed by atoms with Gasteiger partial charge in [0.15, 0.2) is 0 Å². The van der Waals surface area contributed by atoms with Crippen molar-refractivity contribution in [2.75, 3.05) is 18.4 Å². The minimum Gasteiger partial charge on any atom is -0.326 e. The second-order valence-electron chi connectivity index (χ2n) is 6.32. The molecule has 0 aliphatic carbocycles. The molecule has 0 spiro atoms. The highest BCUT2D eigenvalue weighted by molar-refractivity contribution is 5.91. The van der Waals surface area contributed by atoms with Crippen molar-refractivity contribution in [2.24, 2.45) is 5.92 Å². The van der Waals surface area contributed by atoms with E-state index in [1.165, 1.54) is 5.56 Å². The summed E-state index contributed by atoms with van der Waals surface area (Å²) in [5.41, 5.74) is 2.57. The SMILES string of the molecule is N#Cc1cccc(NC(=O)CC2CCN(Cc3ccccc3)C2)c1. The van der Waals surface area contributed by atoms with E-state index in [0.29, 0.717) is 23.6 Å². The topological polar surface area (TPSA) is 56.1 Å². The van der Waals surface area contributed by atoms with Crippen LogP contribution in [-0.2, 0) is 11.3 Å². The third kappa shape index (κ3) is 4.43. The average molecular weight is 319 g/mol. The van der Waals surface area contributed by atoms with Crippen LogP contribution in [-0.4, -0.2) is 23.9 Å². The van der Waals surface area contributed by atoms with Gasteiger partial charge in [0.1, 0.15) is 0 Å². The number of anilines is 1. The molecule has 1 unspecified atom stereocenters. The van der Waals surface area contributed by atoms with Crippen molar-refractivity contribution in [3.63, 3.8) is 0 Å². The first-order valence-electron chi connectivity index (χ1n) is 8.29. The number of nitrogens with one attached hydrogen (secondary N) is 1. The van der Waals surface area contributed by atoms with E-state index >= 15 is 0 Å². The van der Waals surface area contributed by atoms with Crippen LogP contribution in [0.2, 0.25) is 0 Å². The molecule has 1 N–H and O–H groups in total. The fourth-order valence-electron chi connectivity index (χ4n) is 3.21. The number of rotatable bonds is 5. The molecule has 0 bridgehead atoms. The maximum absolute atomic E-state index is 12.2. The van der Waals surface area contributed by atoms with Crippen molar-refractivity contribution in [3.05, 3.63) is 65.7 Å². The zero-order chi connectivity index (χ0) is 16.8. The number of nitriles is 1. The first kappa shape index (κ1) is 16.2. The fourth-order valence-corrected chi connectivity index (χ4v) is 3.21. The van der Waals surface area contributed by atoms with Crippen LogP contribution in [0.15, 0.2) is 54.6 Å². The number of amides is 1. The summed E-state index contributed by atoms with van der Waals surface area (Å²) >= 11 is 0. The first-order chi connectivity index (χ1) is 11.7. The molecule has 24 heavy (non-hydrogen) atoms. The molecule has 1 amide bonds. The Kier molecular flexibility index (Phi) is 5.25. The van der Waals surface area contributed by atoms with Crippen molar-refractivity contribution in [3.8, 4) is 6.07 Å². The van der Waals surface area contributed by atoms with Crippen molar-refractivity contribution >= 4 is 11.6 Å². The highest BCUT2D eigenvalue weighted by Gasteiger charge is 2.24. The lowest BCUT2D eigenvalue weighted by molar-refractivity contribution is -0.117. The summed E-state index contributed by atoms with van der Waals surface area (Å²) < 4.78 is 0. The molecule has 4 heteroatoms. The Balaban J connectivity index is 1.48. The summed E-state index contributed by atoms with van der Waals surface area (Å²) in [7, 11) is 0. The van der Waals surface area contributed by atoms with Gasteiger partial charge >= 0.3 is 0 Å². The van der Waals surface area contributed by atoms with E-state index in [9.17, 15) is 4.79 Å². The van der Waals surface area contributed by atoms with E-state index in [1.807, 2.05) is 12.1 Å². The van der Waals surface area contributed by atoms with Gasteiger partial charge in [0.05, 0.1) is 11.6 Å². The molecule has 1 saturated heterocycles. The Morgan fingerprint density at radius 1 is 1.21 bits per heavy atom. The van der Waals surface area contributed by atoms with E-state index in [-0.39, 0.29) is 5.91 Å². The lowest BCUT2D eigenvalue weighted by Crippen LogP contribution is -2.22. The van der Waals surface area contributed by atoms with Crippen molar-refractivity contribution < 1.29 is 4.79 Å². The average Bonchev–Trinajstić information content (AvgIpc) is 3.02. The van der Waals surface area contributed by atoms with Crippen LogP contribution >= 0.6 is 0 Å². The van der Waals surface area contributed by atoms with Crippen molar-refractivity contribution in [2.45, 2.75) is 19.4 Å². The molecular weight excluding hydrogens is 298 g/mol. The smallest absolute Gasteiger partial charge is 0.224 e. The van der Waals surface area contributed by atoms with Crippen LogP contribution < -0.4 is 5.32 Å². The number of carbonyl (C=O) groups is 1. The van der Waals surface area contributed by atoms with Gasteiger partial charge in [-0.05, 0) is 42.6 Å². The van der Waals surface area contributed by atoms with Gasteiger partial charge in [-0.15, -0.1) is 0 Å². The van der Waals surface area contributed by atoms with Gasteiger partial charge in [-0.1, -0.05) is 36.4 Å². The van der Waals surface area contributed by atoms with E-state index in [2.05, 4.69) is 40.6 Å². The maximum atomic E-state index is 12.2. The van der Waals surface area contributed by atoms with E-state index in [1.54, 1.807) is 18.2 Å². The summed E-state index contributed by atoms with van der Waals surface area (Å²) in [4.78, 5) is 14.6. The van der Waals surface area contributed by atoms with Gasteiger partial charge in [-0.2, -0.15) is 5.26 Å². The van der Waals surface area contributed by atoms with Crippen molar-refractivity contribution in [1.29, 1.82) is 5.26 Å². The molecule has 0 saturated carbocycles. The molecule has 1 atom stereocenters. The van der Waals surface area contributed by atoms with Crippen molar-refractivity contribution in [1.82, 2.24) is 4.90 Å². The second-order valence-corrected chi connectivity index (χ2v) is 6.32. The van der Waals surface area contributed by atoms with E-state index in [4.69, 9.17) is 5.26 Å². The zero-order valence-corrected chi connectivity index (χ0v) is 13.6. The van der Waals surface area contributed by atoms with Gasteiger partial charge in [0.25, 0.3) is 0 Å². The minimum atomic E-state index is 0.0247. The summed E-state index contributed by atoms with van der Waals surface area (Å²) in [6.07, 6.45) is 1.58. The Hall–Kier alpha value is -2.64. The van der Waals surface area contributed by atoms with Gasteiger partial charge in [-0.3, -0.25) is 9.69 Å². The third-order valence-electron chi connectivity index (χ3n) is 4.37. The summed E-state index contributed by atoms with van der Waals surface area (Å²) in [5, 5.41) is 11.8. The van der Waals surface area contributed by atoms with Gasteiger partial charge in [0, 0.05) is 25.2 Å². The van der Waals surface area contributed by atoms with Crippen LogP contribution in [0.1, 0.15) is 24.0 Å². The quantitative estimate of drug-likeness (QED) is 0.919. The molecule has 0 aromatic heterocycles. The predicted octanol–water partition coefficient (Wildman–Crippen LogP) is 3.41. The Morgan fingerprint density at radius 3 is 2.83 bits per heavy atom. The minimum absolute atomic E-state index is 0.0247. The first-order valence-corrected chi connectivity index (χ1v) is 8.29. The molecular formula is C20H21N3O. The molecule has 3 rings (SSSR count). The number of hydrogen-bond acceptors (Lipinski definition) is 3. The predicted molar refractivity (Wildman–Crippen MR) is 94.2 cm³/mol. The molecule has 122 valence electrons. The number of hydrogen-bond donors (Lipinski definition) is 1. The lowest BCUT2D eigenvalue weighted by atomic mass is 10.0. The second kappa shape index (κ2) is 7.76. The summed E-state index contributed by atoms with van der Waals surface area (Å²) in [6.45, 7) is 2.94. The van der Waals surface area contributed by atoms with Gasteiger partial charge in [-0.25, -0.2) is 0 Å². The maximum Gasteiger partial charge on any atom is 0.224 e. The largest absolute Gasteiger partial charge is 0.326 e. The Morgan fingerprint density at radius 2 is 2.04 bits per heavy atom. The highest BCUT2D eigenvalue weighted by atomic mass is 16.1.